The summed E-state index contributed by atoms with van der Waals surface area (Å²) in [4.78, 5) is 14.4. The molecule has 1 amide bonds. The molecule has 0 aliphatic carbocycles. The van der Waals surface area contributed by atoms with Crippen molar-refractivity contribution in [3.8, 4) is 0 Å². The molecular formula is C17H29N3O. The third-order valence-electron chi connectivity index (χ3n) is 3.71. The molecule has 21 heavy (non-hydrogen) atoms. The highest BCUT2D eigenvalue weighted by atomic mass is 16.2. The second-order valence-corrected chi connectivity index (χ2v) is 5.83. The molecule has 0 heterocycles. The molecule has 118 valence electrons. The van der Waals surface area contributed by atoms with Crippen molar-refractivity contribution in [3.05, 3.63) is 29.8 Å². The molecule has 0 radical (unpaired) electrons. The molecule has 0 aliphatic rings. The van der Waals surface area contributed by atoms with Crippen LogP contribution in [0.5, 0.6) is 0 Å². The first-order chi connectivity index (χ1) is 9.95. The second kappa shape index (κ2) is 8.67. The molecule has 0 saturated heterocycles. The van der Waals surface area contributed by atoms with E-state index in [-0.39, 0.29) is 11.9 Å². The van der Waals surface area contributed by atoms with Crippen molar-refractivity contribution in [2.75, 3.05) is 12.3 Å². The summed E-state index contributed by atoms with van der Waals surface area (Å²) >= 11 is 0. The van der Waals surface area contributed by atoms with Crippen LogP contribution in [0.2, 0.25) is 0 Å². The summed E-state index contributed by atoms with van der Waals surface area (Å²) in [6.45, 7) is 9.84. The van der Waals surface area contributed by atoms with Crippen molar-refractivity contribution in [1.29, 1.82) is 0 Å². The summed E-state index contributed by atoms with van der Waals surface area (Å²) in [5, 5.41) is 3.01. The molecule has 4 heteroatoms. The molecule has 0 spiro atoms. The Morgan fingerprint density at radius 2 is 1.86 bits per heavy atom. The van der Waals surface area contributed by atoms with Crippen LogP contribution in [0.1, 0.15) is 46.1 Å². The monoisotopic (exact) mass is 291 g/mol. The average Bonchev–Trinajstić information content (AvgIpc) is 2.45. The van der Waals surface area contributed by atoms with E-state index >= 15 is 0 Å². The fraction of sp³-hybridized carbons (Fsp3) is 0.588. The maximum absolute atomic E-state index is 12.2. The third-order valence-corrected chi connectivity index (χ3v) is 3.71. The molecule has 0 saturated carbocycles. The van der Waals surface area contributed by atoms with Crippen molar-refractivity contribution in [3.63, 3.8) is 0 Å². The quantitative estimate of drug-likeness (QED) is 0.572. The van der Waals surface area contributed by atoms with Crippen molar-refractivity contribution in [1.82, 2.24) is 10.2 Å². The first-order valence-corrected chi connectivity index (χ1v) is 7.83. The van der Waals surface area contributed by atoms with Gasteiger partial charge >= 0.3 is 0 Å². The number of carbonyl (C=O) groups is 1. The average molecular weight is 291 g/mol. The number of hydrogen-bond donors (Lipinski definition) is 2. The molecular weight excluding hydrogens is 262 g/mol. The minimum atomic E-state index is -0.139. The number of anilines is 1. The number of unbranched alkanes of at least 4 members (excludes halogenated alkanes) is 1. The molecule has 4 nitrogen and oxygen atoms in total. The van der Waals surface area contributed by atoms with Gasteiger partial charge in [0.1, 0.15) is 0 Å². The first-order valence-electron chi connectivity index (χ1n) is 7.83. The van der Waals surface area contributed by atoms with E-state index in [0.717, 1.165) is 31.6 Å². The van der Waals surface area contributed by atoms with Gasteiger partial charge in [-0.1, -0.05) is 25.5 Å². The zero-order valence-corrected chi connectivity index (χ0v) is 13.7. The standard InChI is InChI=1S/C17H29N3O/c1-5-6-11-19-17(21)14(4)20(13(2)3)12-15-7-9-16(18)10-8-15/h7-10,13-14H,5-6,11-12,18H2,1-4H3,(H,19,21). The Hall–Kier alpha value is -1.55. The van der Waals surface area contributed by atoms with Crippen molar-refractivity contribution in [2.24, 2.45) is 0 Å². The number of nitrogen functional groups attached to an aromatic ring is 1. The number of nitrogens with two attached hydrogens (primary N) is 1. The zero-order valence-electron chi connectivity index (χ0n) is 13.7. The predicted molar refractivity (Wildman–Crippen MR) is 88.9 cm³/mol. The molecule has 0 bridgehead atoms. The van der Waals surface area contributed by atoms with E-state index in [1.54, 1.807) is 0 Å². The van der Waals surface area contributed by atoms with Crippen LogP contribution in [0.25, 0.3) is 0 Å². The largest absolute Gasteiger partial charge is 0.399 e. The van der Waals surface area contributed by atoms with Crippen LogP contribution in [0.15, 0.2) is 24.3 Å². The Balaban J connectivity index is 2.67. The minimum Gasteiger partial charge on any atom is -0.399 e. The van der Waals surface area contributed by atoms with E-state index in [4.69, 9.17) is 5.73 Å². The number of carbonyl (C=O) groups excluding carboxylic acids is 1. The number of nitrogens with one attached hydrogen (secondary N) is 1. The van der Waals surface area contributed by atoms with Crippen LogP contribution in [-0.2, 0) is 11.3 Å². The van der Waals surface area contributed by atoms with E-state index in [0.29, 0.717) is 6.04 Å². The van der Waals surface area contributed by atoms with Gasteiger partial charge in [0.05, 0.1) is 6.04 Å². The topological polar surface area (TPSA) is 58.4 Å². The second-order valence-electron chi connectivity index (χ2n) is 5.83. The van der Waals surface area contributed by atoms with Crippen LogP contribution < -0.4 is 11.1 Å². The Bertz CT molecular complexity index is 428. The lowest BCUT2D eigenvalue weighted by Gasteiger charge is -2.32. The number of hydrogen-bond acceptors (Lipinski definition) is 3. The van der Waals surface area contributed by atoms with Gasteiger partial charge in [0.15, 0.2) is 0 Å². The van der Waals surface area contributed by atoms with Crippen LogP contribution >= 0.6 is 0 Å². The van der Waals surface area contributed by atoms with Gasteiger partial charge in [-0.05, 0) is 44.9 Å². The van der Waals surface area contributed by atoms with Gasteiger partial charge < -0.3 is 11.1 Å². The minimum absolute atomic E-state index is 0.104. The van der Waals surface area contributed by atoms with Gasteiger partial charge in [0, 0.05) is 24.8 Å². The number of rotatable bonds is 8. The van der Waals surface area contributed by atoms with Gasteiger partial charge in [-0.25, -0.2) is 0 Å². The Labute approximate surface area is 128 Å². The number of nitrogens with zero attached hydrogens (tertiary/aromatic N) is 1. The lowest BCUT2D eigenvalue weighted by Crippen LogP contribution is -2.47. The van der Waals surface area contributed by atoms with E-state index in [2.05, 4.69) is 31.0 Å². The molecule has 3 N–H and O–H groups in total. The maximum atomic E-state index is 12.2. The number of amides is 1. The SMILES string of the molecule is CCCCNC(=O)C(C)N(Cc1ccc(N)cc1)C(C)C. The third kappa shape index (κ3) is 5.76. The highest BCUT2D eigenvalue weighted by Gasteiger charge is 2.23. The van der Waals surface area contributed by atoms with Crippen molar-refractivity contribution >= 4 is 11.6 Å². The Morgan fingerprint density at radius 3 is 2.38 bits per heavy atom. The first kappa shape index (κ1) is 17.5. The zero-order chi connectivity index (χ0) is 15.8. The van der Waals surface area contributed by atoms with Crippen molar-refractivity contribution < 1.29 is 4.79 Å². The molecule has 1 aromatic carbocycles. The normalized spacial score (nSPS) is 12.7. The summed E-state index contributed by atoms with van der Waals surface area (Å²) in [6, 6.07) is 8.01. The van der Waals surface area contributed by atoms with E-state index < -0.39 is 0 Å². The van der Waals surface area contributed by atoms with Crippen LogP contribution in [-0.4, -0.2) is 29.4 Å². The summed E-state index contributed by atoms with van der Waals surface area (Å²) in [6.07, 6.45) is 2.12. The summed E-state index contributed by atoms with van der Waals surface area (Å²) < 4.78 is 0. The molecule has 0 aliphatic heterocycles. The number of benzene rings is 1. The predicted octanol–water partition coefficient (Wildman–Crippen LogP) is 2.78. The highest BCUT2D eigenvalue weighted by molar-refractivity contribution is 5.81. The Morgan fingerprint density at radius 1 is 1.24 bits per heavy atom. The summed E-state index contributed by atoms with van der Waals surface area (Å²) in [5.74, 6) is 0.104. The van der Waals surface area contributed by atoms with Crippen LogP contribution in [0, 0.1) is 0 Å². The summed E-state index contributed by atoms with van der Waals surface area (Å²) in [5.41, 5.74) is 7.65. The van der Waals surface area contributed by atoms with Crippen LogP contribution in [0.4, 0.5) is 5.69 Å². The molecule has 1 rings (SSSR count). The van der Waals surface area contributed by atoms with Gasteiger partial charge in [-0.2, -0.15) is 0 Å². The fourth-order valence-electron chi connectivity index (χ4n) is 2.29. The van der Waals surface area contributed by atoms with Crippen molar-refractivity contribution in [2.45, 2.75) is 59.2 Å². The lowest BCUT2D eigenvalue weighted by atomic mass is 10.1. The van der Waals surface area contributed by atoms with Gasteiger partial charge in [-0.15, -0.1) is 0 Å². The highest BCUT2D eigenvalue weighted by Crippen LogP contribution is 2.14. The van der Waals surface area contributed by atoms with E-state index in [1.807, 2.05) is 31.2 Å². The Kier molecular flexibility index (Phi) is 7.23. The van der Waals surface area contributed by atoms with Crippen LogP contribution in [0.3, 0.4) is 0 Å². The maximum Gasteiger partial charge on any atom is 0.237 e. The van der Waals surface area contributed by atoms with E-state index in [1.165, 1.54) is 5.56 Å². The smallest absolute Gasteiger partial charge is 0.237 e. The molecule has 1 atom stereocenters. The molecule has 0 aromatic heterocycles. The van der Waals surface area contributed by atoms with Gasteiger partial charge in [0.25, 0.3) is 0 Å². The molecule has 1 unspecified atom stereocenters. The molecule has 1 aromatic rings. The van der Waals surface area contributed by atoms with Gasteiger partial charge in [-0.3, -0.25) is 9.69 Å². The summed E-state index contributed by atoms with van der Waals surface area (Å²) in [7, 11) is 0. The molecule has 0 fully saturated rings. The lowest BCUT2D eigenvalue weighted by molar-refractivity contribution is -0.126. The fourth-order valence-corrected chi connectivity index (χ4v) is 2.29. The van der Waals surface area contributed by atoms with E-state index in [9.17, 15) is 4.79 Å². The van der Waals surface area contributed by atoms with Gasteiger partial charge in [0.2, 0.25) is 5.91 Å².